The Morgan fingerprint density at radius 3 is 2.53 bits per heavy atom. The molecule has 4 aromatic rings. The van der Waals surface area contributed by atoms with Crippen LogP contribution in [0.25, 0.3) is 28.0 Å². The number of amides is 1. The van der Waals surface area contributed by atoms with Gasteiger partial charge in [-0.2, -0.15) is 14.6 Å². The van der Waals surface area contributed by atoms with Crippen LogP contribution in [0.15, 0.2) is 59.9 Å². The van der Waals surface area contributed by atoms with E-state index in [2.05, 4.69) is 30.0 Å². The van der Waals surface area contributed by atoms with E-state index in [9.17, 15) is 4.79 Å². The number of aromatic nitrogens is 4. The predicted octanol–water partition coefficient (Wildman–Crippen LogP) is 4.42. The van der Waals surface area contributed by atoms with Crippen LogP contribution in [0, 0.1) is 5.41 Å². The summed E-state index contributed by atoms with van der Waals surface area (Å²) in [6.07, 6.45) is 8.28. The van der Waals surface area contributed by atoms with Crippen LogP contribution >= 0.6 is 0 Å². The molecule has 3 atom stereocenters. The fourth-order valence-electron chi connectivity index (χ4n) is 7.08. The van der Waals surface area contributed by atoms with E-state index in [0.717, 1.165) is 59.3 Å². The molecule has 5 heterocycles. The first kappa shape index (κ1) is 30.8. The standard InChI is InChI=1S/C35H42N10O2/c1-21(18-26-12-8-22(2)44(26)34(46)31(36)42-35(38)43-14-16-47-17-15-43)30-29(24-9-10-24)32(37)45-33(41-30)27(20-40-45)25-11-13-28(39-19-25)23-6-4-3-5-7-23/h3-7,11,13,19-22,24,26H,8-10,12,14-18,37H2,1-2H3,(H3,36,38,42). The number of morpholine rings is 1. The summed E-state index contributed by atoms with van der Waals surface area (Å²) >= 11 is 0. The molecule has 2 saturated heterocycles. The number of nitrogens with one attached hydrogen (secondary N) is 1. The van der Waals surface area contributed by atoms with Gasteiger partial charge in [-0.25, -0.2) is 4.98 Å². The number of amidine groups is 1. The highest BCUT2D eigenvalue weighted by atomic mass is 16.5. The first-order chi connectivity index (χ1) is 22.8. The third-order valence-corrected chi connectivity index (χ3v) is 9.75. The maximum atomic E-state index is 13.7. The number of nitrogen functional groups attached to an aromatic ring is 1. The highest BCUT2D eigenvalue weighted by Gasteiger charge is 2.39. The van der Waals surface area contributed by atoms with Crippen LogP contribution in [-0.4, -0.2) is 85.5 Å². The van der Waals surface area contributed by atoms with E-state index in [-0.39, 0.29) is 35.7 Å². The van der Waals surface area contributed by atoms with Crippen molar-refractivity contribution in [3.8, 4) is 22.4 Å². The van der Waals surface area contributed by atoms with Gasteiger partial charge in [0.1, 0.15) is 5.82 Å². The number of nitrogens with zero attached hydrogens (tertiary/aromatic N) is 7. The zero-order valence-corrected chi connectivity index (χ0v) is 27.0. The first-order valence-electron chi connectivity index (χ1n) is 16.6. The number of hydrogen-bond donors (Lipinski definition) is 3. The number of aliphatic imine (C=N–C) groups is 1. The quantitative estimate of drug-likeness (QED) is 0.207. The minimum Gasteiger partial charge on any atom is -0.383 e. The van der Waals surface area contributed by atoms with Crippen LogP contribution < -0.4 is 11.5 Å². The van der Waals surface area contributed by atoms with E-state index >= 15 is 0 Å². The molecule has 0 bridgehead atoms. The van der Waals surface area contributed by atoms with Crippen molar-refractivity contribution in [1.82, 2.24) is 29.4 Å². The van der Waals surface area contributed by atoms with Gasteiger partial charge in [0, 0.05) is 59.5 Å². The smallest absolute Gasteiger partial charge is 0.289 e. The van der Waals surface area contributed by atoms with Gasteiger partial charge >= 0.3 is 0 Å². The number of anilines is 1. The summed E-state index contributed by atoms with van der Waals surface area (Å²) in [7, 11) is 0. The molecule has 12 nitrogen and oxygen atoms in total. The van der Waals surface area contributed by atoms with Crippen molar-refractivity contribution in [3.05, 3.63) is 66.1 Å². The molecule has 0 spiro atoms. The predicted molar refractivity (Wildman–Crippen MR) is 182 cm³/mol. The average molecular weight is 635 g/mol. The van der Waals surface area contributed by atoms with Crippen LogP contribution in [0.3, 0.4) is 0 Å². The SMILES string of the molecule is CC(CC1CCC(C)N1C(=O)/C(N)=N/C(=N)N1CCOCC1)c1nc2c(-c3ccc(-c4ccccc4)nc3)cnn2c(N)c1C1CC1. The molecule has 2 aliphatic heterocycles. The van der Waals surface area contributed by atoms with Crippen LogP contribution in [-0.2, 0) is 9.53 Å². The lowest BCUT2D eigenvalue weighted by Crippen LogP contribution is -2.48. The van der Waals surface area contributed by atoms with Gasteiger partial charge in [-0.15, -0.1) is 0 Å². The second kappa shape index (κ2) is 12.7. The van der Waals surface area contributed by atoms with Crippen LogP contribution in [0.4, 0.5) is 5.82 Å². The molecule has 244 valence electrons. The molecule has 5 N–H and O–H groups in total. The topological polar surface area (TPSA) is 164 Å². The van der Waals surface area contributed by atoms with Gasteiger partial charge in [0.05, 0.1) is 30.8 Å². The Morgan fingerprint density at radius 2 is 1.83 bits per heavy atom. The fourth-order valence-corrected chi connectivity index (χ4v) is 7.08. The summed E-state index contributed by atoms with van der Waals surface area (Å²) in [5.74, 6) is 0.545. The van der Waals surface area contributed by atoms with E-state index < -0.39 is 0 Å². The number of rotatable bonds is 6. The second-order valence-corrected chi connectivity index (χ2v) is 13.0. The molecular formula is C35H42N10O2. The number of ether oxygens (including phenoxy) is 1. The van der Waals surface area contributed by atoms with Crippen LogP contribution in [0.2, 0.25) is 0 Å². The Morgan fingerprint density at radius 1 is 1.06 bits per heavy atom. The first-order valence-corrected chi connectivity index (χ1v) is 16.6. The molecule has 3 fully saturated rings. The number of fused-ring (bicyclic) bond motifs is 1. The summed E-state index contributed by atoms with van der Waals surface area (Å²) in [6, 6.07) is 14.1. The third kappa shape index (κ3) is 6.05. The number of nitrogens with two attached hydrogens (primary N) is 2. The van der Waals surface area contributed by atoms with Crippen molar-refractivity contribution >= 4 is 29.2 Å². The molecule has 3 aromatic heterocycles. The van der Waals surface area contributed by atoms with Gasteiger partial charge in [-0.1, -0.05) is 43.3 Å². The molecule has 1 aromatic carbocycles. The second-order valence-electron chi connectivity index (χ2n) is 13.0. The minimum atomic E-state index is -0.319. The van der Waals surface area contributed by atoms with Crippen molar-refractivity contribution in [2.24, 2.45) is 10.7 Å². The number of pyridine rings is 1. The molecule has 3 unspecified atom stereocenters. The number of guanidine groups is 1. The molecule has 1 aliphatic carbocycles. The van der Waals surface area contributed by atoms with Gasteiger partial charge in [-0.05, 0) is 51.0 Å². The van der Waals surface area contributed by atoms with Crippen LogP contribution in [0.5, 0.6) is 0 Å². The van der Waals surface area contributed by atoms with Gasteiger partial charge in [0.25, 0.3) is 5.91 Å². The Bertz CT molecular complexity index is 1810. The summed E-state index contributed by atoms with van der Waals surface area (Å²) in [5, 5.41) is 13.0. The number of hydrogen-bond acceptors (Lipinski definition) is 7. The highest BCUT2D eigenvalue weighted by molar-refractivity contribution is 6.38. The Hall–Kier alpha value is -4.84. The Labute approximate surface area is 274 Å². The summed E-state index contributed by atoms with van der Waals surface area (Å²) in [4.78, 5) is 31.5. The van der Waals surface area contributed by atoms with E-state index in [1.807, 2.05) is 53.7 Å². The lowest BCUT2D eigenvalue weighted by Gasteiger charge is -2.31. The van der Waals surface area contributed by atoms with E-state index in [1.165, 1.54) is 0 Å². The van der Waals surface area contributed by atoms with E-state index in [1.54, 1.807) is 9.42 Å². The maximum Gasteiger partial charge on any atom is 0.289 e. The summed E-state index contributed by atoms with van der Waals surface area (Å²) in [5.41, 5.74) is 19.6. The maximum absolute atomic E-state index is 13.7. The van der Waals surface area contributed by atoms with Crippen molar-refractivity contribution in [2.75, 3.05) is 32.0 Å². The number of carbonyl (C=O) groups excluding carboxylic acids is 1. The molecule has 1 saturated carbocycles. The van der Waals surface area contributed by atoms with Crippen molar-refractivity contribution < 1.29 is 9.53 Å². The zero-order valence-electron chi connectivity index (χ0n) is 27.0. The third-order valence-electron chi connectivity index (χ3n) is 9.75. The van der Waals surface area contributed by atoms with Crippen LogP contribution in [0.1, 0.15) is 69.0 Å². The highest BCUT2D eigenvalue weighted by Crippen LogP contribution is 2.47. The number of carbonyl (C=O) groups is 1. The molecule has 47 heavy (non-hydrogen) atoms. The molecular weight excluding hydrogens is 592 g/mol. The zero-order chi connectivity index (χ0) is 32.7. The Kier molecular flexibility index (Phi) is 8.35. The monoisotopic (exact) mass is 634 g/mol. The molecule has 7 rings (SSSR count). The van der Waals surface area contributed by atoms with Crippen molar-refractivity contribution in [2.45, 2.75) is 69.9 Å². The fraction of sp³-hybridized carbons (Fsp3) is 0.429. The van der Waals surface area contributed by atoms with Crippen molar-refractivity contribution in [1.29, 1.82) is 5.41 Å². The molecule has 1 amide bonds. The largest absolute Gasteiger partial charge is 0.383 e. The minimum absolute atomic E-state index is 0.000474. The number of likely N-dealkylation sites (tertiary alicyclic amines) is 1. The molecule has 3 aliphatic rings. The lowest BCUT2D eigenvalue weighted by molar-refractivity contribution is -0.126. The van der Waals surface area contributed by atoms with Gasteiger partial charge in [0.2, 0.25) is 5.96 Å². The van der Waals surface area contributed by atoms with E-state index in [0.29, 0.717) is 50.1 Å². The average Bonchev–Trinajstić information content (AvgIpc) is 3.74. The Balaban J connectivity index is 1.16. The summed E-state index contributed by atoms with van der Waals surface area (Å²) in [6.45, 7) is 6.40. The van der Waals surface area contributed by atoms with Crippen molar-refractivity contribution in [3.63, 3.8) is 0 Å². The molecule has 12 heteroatoms. The summed E-state index contributed by atoms with van der Waals surface area (Å²) < 4.78 is 7.14. The van der Waals surface area contributed by atoms with Gasteiger partial charge in [0.15, 0.2) is 11.5 Å². The lowest BCUT2D eigenvalue weighted by atomic mass is 9.92. The molecule has 0 radical (unpaired) electrons. The number of benzene rings is 1. The van der Waals surface area contributed by atoms with E-state index in [4.69, 9.17) is 31.6 Å². The van der Waals surface area contributed by atoms with Gasteiger partial charge < -0.3 is 26.0 Å². The normalized spacial score (nSPS) is 20.9. The van der Waals surface area contributed by atoms with Gasteiger partial charge in [-0.3, -0.25) is 15.2 Å².